The highest BCUT2D eigenvalue weighted by Gasteiger charge is 2.22. The van der Waals surface area contributed by atoms with E-state index in [2.05, 4.69) is 0 Å². The van der Waals surface area contributed by atoms with Crippen molar-refractivity contribution < 1.29 is 14.7 Å². The minimum absolute atomic E-state index is 0.145. The van der Waals surface area contributed by atoms with Gasteiger partial charge in [0.2, 0.25) is 0 Å². The molecule has 2 aromatic rings. The van der Waals surface area contributed by atoms with E-state index < -0.39 is 5.97 Å². The van der Waals surface area contributed by atoms with Crippen molar-refractivity contribution in [1.29, 1.82) is 0 Å². The van der Waals surface area contributed by atoms with Gasteiger partial charge in [0.1, 0.15) is 6.54 Å². The Morgan fingerprint density at radius 2 is 2.00 bits per heavy atom. The zero-order valence-corrected chi connectivity index (χ0v) is 11.6. The summed E-state index contributed by atoms with van der Waals surface area (Å²) in [6.07, 6.45) is 0. The Kier molecular flexibility index (Phi) is 3.85. The van der Waals surface area contributed by atoms with Crippen LogP contribution in [0.2, 0.25) is 0 Å². The molecule has 0 saturated carbocycles. The molecule has 19 heavy (non-hydrogen) atoms. The number of carbonyl (C=O) groups excluding carboxylic acids is 1. The van der Waals surface area contributed by atoms with Crippen LogP contribution in [0.3, 0.4) is 0 Å². The first kappa shape index (κ1) is 13.5. The van der Waals surface area contributed by atoms with E-state index in [1.165, 1.54) is 16.2 Å². The number of amides is 1. The van der Waals surface area contributed by atoms with Crippen molar-refractivity contribution in [1.82, 2.24) is 4.90 Å². The standard InChI is InChI=1S/C14H15NO3S/c1-9(2)15(8-13(16)17)14(18)12-7-10-5-3-4-6-11(10)19-12/h3-7,9H,8H2,1-2H3,(H,16,17). The first-order valence-corrected chi connectivity index (χ1v) is 6.82. The smallest absolute Gasteiger partial charge is 0.323 e. The lowest BCUT2D eigenvalue weighted by Gasteiger charge is -2.24. The predicted octanol–water partition coefficient (Wildman–Crippen LogP) is 2.84. The van der Waals surface area contributed by atoms with Crippen LogP contribution < -0.4 is 0 Å². The maximum atomic E-state index is 12.4. The maximum Gasteiger partial charge on any atom is 0.323 e. The lowest BCUT2D eigenvalue weighted by molar-refractivity contribution is -0.138. The number of hydrogen-bond acceptors (Lipinski definition) is 3. The fourth-order valence-electron chi connectivity index (χ4n) is 1.86. The number of carbonyl (C=O) groups is 2. The van der Waals surface area contributed by atoms with Crippen LogP contribution in [-0.2, 0) is 4.79 Å². The van der Waals surface area contributed by atoms with E-state index in [0.717, 1.165) is 10.1 Å². The molecule has 0 aliphatic heterocycles. The molecule has 100 valence electrons. The van der Waals surface area contributed by atoms with Crippen molar-refractivity contribution in [3.8, 4) is 0 Å². The Morgan fingerprint density at radius 3 is 2.58 bits per heavy atom. The molecule has 1 amide bonds. The van der Waals surface area contributed by atoms with Crippen LogP contribution in [0.5, 0.6) is 0 Å². The number of rotatable bonds is 4. The van der Waals surface area contributed by atoms with Crippen molar-refractivity contribution in [2.75, 3.05) is 6.54 Å². The van der Waals surface area contributed by atoms with E-state index in [1.54, 1.807) is 0 Å². The second-order valence-corrected chi connectivity index (χ2v) is 5.65. The Hall–Kier alpha value is -1.88. The zero-order valence-electron chi connectivity index (χ0n) is 10.8. The highest BCUT2D eigenvalue weighted by atomic mass is 32.1. The molecule has 0 radical (unpaired) electrons. The summed E-state index contributed by atoms with van der Waals surface area (Å²) >= 11 is 1.39. The monoisotopic (exact) mass is 277 g/mol. The quantitative estimate of drug-likeness (QED) is 0.935. The molecule has 0 aliphatic carbocycles. The molecule has 1 aromatic heterocycles. The molecule has 0 aliphatic rings. The molecule has 1 N–H and O–H groups in total. The summed E-state index contributed by atoms with van der Waals surface area (Å²) in [7, 11) is 0. The van der Waals surface area contributed by atoms with E-state index in [4.69, 9.17) is 5.11 Å². The van der Waals surface area contributed by atoms with E-state index in [9.17, 15) is 9.59 Å². The van der Waals surface area contributed by atoms with Crippen molar-refractivity contribution in [3.63, 3.8) is 0 Å². The van der Waals surface area contributed by atoms with Crippen LogP contribution in [0.1, 0.15) is 23.5 Å². The third-order valence-corrected chi connectivity index (χ3v) is 3.93. The molecule has 0 bridgehead atoms. The summed E-state index contributed by atoms with van der Waals surface area (Å²) in [6, 6.07) is 9.41. The molecular formula is C14H15NO3S. The average Bonchev–Trinajstić information content (AvgIpc) is 2.78. The number of carboxylic acids is 1. The summed E-state index contributed by atoms with van der Waals surface area (Å²) in [6.45, 7) is 3.35. The SMILES string of the molecule is CC(C)N(CC(=O)O)C(=O)c1cc2ccccc2s1. The number of fused-ring (bicyclic) bond motifs is 1. The minimum atomic E-state index is -0.997. The molecule has 5 heteroatoms. The third kappa shape index (κ3) is 2.93. The molecule has 0 saturated heterocycles. The molecule has 2 rings (SSSR count). The largest absolute Gasteiger partial charge is 0.480 e. The zero-order chi connectivity index (χ0) is 14.0. The van der Waals surface area contributed by atoms with Crippen molar-refractivity contribution in [3.05, 3.63) is 35.2 Å². The van der Waals surface area contributed by atoms with Gasteiger partial charge in [0, 0.05) is 10.7 Å². The molecular weight excluding hydrogens is 262 g/mol. The Morgan fingerprint density at radius 1 is 1.32 bits per heavy atom. The van der Waals surface area contributed by atoms with Crippen LogP contribution in [0, 0.1) is 0 Å². The van der Waals surface area contributed by atoms with Crippen LogP contribution in [0.15, 0.2) is 30.3 Å². The topological polar surface area (TPSA) is 57.6 Å². The lowest BCUT2D eigenvalue weighted by atomic mass is 10.2. The van der Waals surface area contributed by atoms with Crippen LogP contribution >= 0.6 is 11.3 Å². The Balaban J connectivity index is 2.32. The summed E-state index contributed by atoms with van der Waals surface area (Å²) < 4.78 is 1.03. The first-order chi connectivity index (χ1) is 8.99. The molecule has 0 atom stereocenters. The molecule has 0 fully saturated rings. The van der Waals surface area contributed by atoms with Gasteiger partial charge in [0.05, 0.1) is 4.88 Å². The highest BCUT2D eigenvalue weighted by molar-refractivity contribution is 7.20. The number of thiophene rings is 1. The Labute approximate surface area is 115 Å². The molecule has 1 heterocycles. The van der Waals surface area contributed by atoms with Gasteiger partial charge in [-0.25, -0.2) is 0 Å². The van der Waals surface area contributed by atoms with Crippen LogP contribution in [-0.4, -0.2) is 34.5 Å². The van der Waals surface area contributed by atoms with Crippen molar-refractivity contribution in [2.45, 2.75) is 19.9 Å². The van der Waals surface area contributed by atoms with Crippen molar-refractivity contribution >= 4 is 33.3 Å². The molecule has 0 unspecified atom stereocenters. The lowest BCUT2D eigenvalue weighted by Crippen LogP contribution is -2.40. The number of benzene rings is 1. The first-order valence-electron chi connectivity index (χ1n) is 6.00. The summed E-state index contributed by atoms with van der Waals surface area (Å²) in [5.41, 5.74) is 0. The van der Waals surface area contributed by atoms with Crippen LogP contribution in [0.4, 0.5) is 0 Å². The number of nitrogens with zero attached hydrogens (tertiary/aromatic N) is 1. The molecule has 1 aromatic carbocycles. The highest BCUT2D eigenvalue weighted by Crippen LogP contribution is 2.26. The van der Waals surface area contributed by atoms with Gasteiger partial charge in [0.25, 0.3) is 5.91 Å². The summed E-state index contributed by atoms with van der Waals surface area (Å²) in [4.78, 5) is 25.1. The summed E-state index contributed by atoms with van der Waals surface area (Å²) in [5, 5.41) is 9.89. The average molecular weight is 277 g/mol. The van der Waals surface area contributed by atoms with Gasteiger partial charge in [0.15, 0.2) is 0 Å². The second kappa shape index (κ2) is 5.40. The molecule has 0 spiro atoms. The second-order valence-electron chi connectivity index (χ2n) is 4.57. The summed E-state index contributed by atoms with van der Waals surface area (Å²) in [5.74, 6) is -1.22. The Bertz CT molecular complexity index is 585. The fourth-order valence-corrected chi connectivity index (χ4v) is 2.88. The van der Waals surface area contributed by atoms with Crippen molar-refractivity contribution in [2.24, 2.45) is 0 Å². The van der Waals surface area contributed by atoms with Gasteiger partial charge in [-0.15, -0.1) is 11.3 Å². The predicted molar refractivity (Wildman–Crippen MR) is 75.6 cm³/mol. The number of hydrogen-bond donors (Lipinski definition) is 1. The van der Waals surface area contributed by atoms with Gasteiger partial charge in [-0.05, 0) is 31.4 Å². The fraction of sp³-hybridized carbons (Fsp3) is 0.286. The van der Waals surface area contributed by atoms with Crippen LogP contribution in [0.25, 0.3) is 10.1 Å². The molecule has 4 nitrogen and oxygen atoms in total. The normalized spacial score (nSPS) is 10.9. The number of carboxylic acid groups (broad SMARTS) is 1. The number of aliphatic carboxylic acids is 1. The third-order valence-electron chi connectivity index (χ3n) is 2.83. The van der Waals surface area contributed by atoms with Gasteiger partial charge in [-0.1, -0.05) is 18.2 Å². The van der Waals surface area contributed by atoms with E-state index in [0.29, 0.717) is 4.88 Å². The van der Waals surface area contributed by atoms with Gasteiger partial charge >= 0.3 is 5.97 Å². The van der Waals surface area contributed by atoms with E-state index in [-0.39, 0.29) is 18.5 Å². The van der Waals surface area contributed by atoms with E-state index >= 15 is 0 Å². The maximum absolute atomic E-state index is 12.4. The van der Waals surface area contributed by atoms with Gasteiger partial charge < -0.3 is 10.0 Å². The van der Waals surface area contributed by atoms with E-state index in [1.807, 2.05) is 44.2 Å². The van der Waals surface area contributed by atoms with Gasteiger partial charge in [-0.2, -0.15) is 0 Å². The minimum Gasteiger partial charge on any atom is -0.480 e. The van der Waals surface area contributed by atoms with Gasteiger partial charge in [-0.3, -0.25) is 9.59 Å².